The predicted molar refractivity (Wildman–Crippen MR) is 83.6 cm³/mol. The fourth-order valence-corrected chi connectivity index (χ4v) is 2.75. The van der Waals surface area contributed by atoms with Gasteiger partial charge in [0.05, 0.1) is 11.1 Å². The molecule has 0 radical (unpaired) electrons. The SMILES string of the molecule is CCc1cc2cccc(C)c2c(=O)n1-c1ccccc1F. The zero-order valence-corrected chi connectivity index (χ0v) is 12.1. The van der Waals surface area contributed by atoms with Crippen LogP contribution in [0.2, 0.25) is 0 Å². The molecule has 0 aliphatic rings. The summed E-state index contributed by atoms with van der Waals surface area (Å²) in [7, 11) is 0. The van der Waals surface area contributed by atoms with Crippen LogP contribution in [0, 0.1) is 12.7 Å². The lowest BCUT2D eigenvalue weighted by Crippen LogP contribution is -2.23. The van der Waals surface area contributed by atoms with Gasteiger partial charge in [0.2, 0.25) is 0 Å². The third-order valence-corrected chi connectivity index (χ3v) is 3.79. The number of halogens is 1. The lowest BCUT2D eigenvalue weighted by Gasteiger charge is -2.15. The van der Waals surface area contributed by atoms with Crippen molar-refractivity contribution in [3.05, 3.63) is 76.0 Å². The van der Waals surface area contributed by atoms with E-state index >= 15 is 0 Å². The number of nitrogens with zero attached hydrogens (tertiary/aromatic N) is 1. The van der Waals surface area contributed by atoms with Gasteiger partial charge in [-0.05, 0) is 42.5 Å². The van der Waals surface area contributed by atoms with Crippen molar-refractivity contribution in [3.63, 3.8) is 0 Å². The second-order valence-electron chi connectivity index (χ2n) is 5.12. The third-order valence-electron chi connectivity index (χ3n) is 3.79. The smallest absolute Gasteiger partial charge is 0.263 e. The highest BCUT2D eigenvalue weighted by Crippen LogP contribution is 2.20. The summed E-state index contributed by atoms with van der Waals surface area (Å²) in [6.45, 7) is 3.87. The summed E-state index contributed by atoms with van der Waals surface area (Å²) in [4.78, 5) is 12.9. The number of benzene rings is 2. The minimum atomic E-state index is -0.387. The summed E-state index contributed by atoms with van der Waals surface area (Å²) in [6, 6.07) is 14.1. The average molecular weight is 281 g/mol. The van der Waals surface area contributed by atoms with Crippen LogP contribution in [0.15, 0.2) is 53.3 Å². The van der Waals surface area contributed by atoms with Crippen molar-refractivity contribution in [1.82, 2.24) is 4.57 Å². The average Bonchev–Trinajstić information content (AvgIpc) is 2.48. The molecule has 0 spiro atoms. The topological polar surface area (TPSA) is 22.0 Å². The first-order valence-electron chi connectivity index (χ1n) is 7.02. The Morgan fingerprint density at radius 2 is 1.86 bits per heavy atom. The van der Waals surface area contributed by atoms with E-state index in [0.29, 0.717) is 17.5 Å². The fraction of sp³-hybridized carbons (Fsp3) is 0.167. The number of aryl methyl sites for hydroxylation is 2. The number of hydrogen-bond donors (Lipinski definition) is 0. The Morgan fingerprint density at radius 3 is 2.57 bits per heavy atom. The van der Waals surface area contributed by atoms with Gasteiger partial charge in [0.25, 0.3) is 5.56 Å². The summed E-state index contributed by atoms with van der Waals surface area (Å²) in [5, 5.41) is 1.56. The van der Waals surface area contributed by atoms with E-state index < -0.39 is 0 Å². The van der Waals surface area contributed by atoms with Gasteiger partial charge in [-0.25, -0.2) is 4.39 Å². The molecule has 0 fully saturated rings. The predicted octanol–water partition coefficient (Wildman–Crippen LogP) is 4.00. The highest BCUT2D eigenvalue weighted by molar-refractivity contribution is 5.85. The molecule has 2 aromatic carbocycles. The minimum absolute atomic E-state index is 0.160. The Bertz CT molecular complexity index is 880. The summed E-state index contributed by atoms with van der Waals surface area (Å²) in [6.07, 6.45) is 0.660. The van der Waals surface area contributed by atoms with Crippen LogP contribution < -0.4 is 5.56 Å². The minimum Gasteiger partial charge on any atom is -0.278 e. The van der Waals surface area contributed by atoms with Gasteiger partial charge in [-0.3, -0.25) is 9.36 Å². The lowest BCUT2D eigenvalue weighted by molar-refractivity contribution is 0.614. The van der Waals surface area contributed by atoms with Crippen LogP contribution in [0.25, 0.3) is 16.5 Å². The van der Waals surface area contributed by atoms with Gasteiger partial charge < -0.3 is 0 Å². The Hall–Kier alpha value is -2.42. The first kappa shape index (κ1) is 13.6. The van der Waals surface area contributed by atoms with Gasteiger partial charge >= 0.3 is 0 Å². The van der Waals surface area contributed by atoms with Crippen molar-refractivity contribution in [2.45, 2.75) is 20.3 Å². The Kier molecular flexibility index (Phi) is 3.34. The lowest BCUT2D eigenvalue weighted by atomic mass is 10.1. The maximum absolute atomic E-state index is 14.1. The normalized spacial score (nSPS) is 11.0. The molecule has 3 aromatic rings. The summed E-state index contributed by atoms with van der Waals surface area (Å²) in [5.74, 6) is -0.387. The van der Waals surface area contributed by atoms with E-state index in [1.54, 1.807) is 18.2 Å². The highest BCUT2D eigenvalue weighted by Gasteiger charge is 2.13. The molecule has 0 saturated heterocycles. The van der Waals surface area contributed by atoms with E-state index in [4.69, 9.17) is 0 Å². The number of para-hydroxylation sites is 1. The van der Waals surface area contributed by atoms with Crippen molar-refractivity contribution >= 4 is 10.8 Å². The molecular weight excluding hydrogens is 265 g/mol. The fourth-order valence-electron chi connectivity index (χ4n) is 2.75. The van der Waals surface area contributed by atoms with Gasteiger partial charge in [-0.2, -0.15) is 0 Å². The number of aromatic nitrogens is 1. The van der Waals surface area contributed by atoms with Crippen molar-refractivity contribution in [2.75, 3.05) is 0 Å². The van der Waals surface area contributed by atoms with Crippen molar-refractivity contribution < 1.29 is 4.39 Å². The highest BCUT2D eigenvalue weighted by atomic mass is 19.1. The van der Waals surface area contributed by atoms with Gasteiger partial charge in [-0.15, -0.1) is 0 Å². The van der Waals surface area contributed by atoms with E-state index in [1.165, 1.54) is 10.6 Å². The molecule has 106 valence electrons. The maximum atomic E-state index is 14.1. The van der Waals surface area contributed by atoms with E-state index in [1.807, 2.05) is 38.1 Å². The molecule has 0 unspecified atom stereocenters. The first-order valence-corrected chi connectivity index (χ1v) is 7.02. The van der Waals surface area contributed by atoms with E-state index in [2.05, 4.69) is 0 Å². The quantitative estimate of drug-likeness (QED) is 0.696. The Balaban J connectivity index is 2.48. The molecule has 0 N–H and O–H groups in total. The number of pyridine rings is 1. The molecule has 3 heteroatoms. The molecule has 0 aliphatic carbocycles. The number of fused-ring (bicyclic) bond motifs is 1. The van der Waals surface area contributed by atoms with Crippen molar-refractivity contribution in [1.29, 1.82) is 0 Å². The molecule has 3 rings (SSSR count). The molecule has 0 atom stereocenters. The zero-order valence-electron chi connectivity index (χ0n) is 12.1. The Labute approximate surface area is 122 Å². The maximum Gasteiger partial charge on any atom is 0.263 e. The Morgan fingerprint density at radius 1 is 1.10 bits per heavy atom. The van der Waals surface area contributed by atoms with Gasteiger partial charge in [0, 0.05) is 5.69 Å². The number of hydrogen-bond acceptors (Lipinski definition) is 1. The van der Waals surface area contributed by atoms with Crippen LogP contribution in [0.1, 0.15) is 18.2 Å². The van der Waals surface area contributed by atoms with Crippen LogP contribution in [-0.2, 0) is 6.42 Å². The molecule has 0 saturated carbocycles. The third kappa shape index (κ3) is 2.15. The van der Waals surface area contributed by atoms with Gasteiger partial charge in [-0.1, -0.05) is 37.3 Å². The van der Waals surface area contributed by atoms with Gasteiger partial charge in [0.1, 0.15) is 5.82 Å². The summed E-state index contributed by atoms with van der Waals surface area (Å²) in [5.41, 5.74) is 1.87. The van der Waals surface area contributed by atoms with E-state index in [0.717, 1.165) is 16.6 Å². The molecule has 1 heterocycles. The zero-order chi connectivity index (χ0) is 15.0. The first-order chi connectivity index (χ1) is 10.1. The standard InChI is InChI=1S/C18H16FNO/c1-3-14-11-13-8-6-7-12(2)17(13)18(21)20(14)16-10-5-4-9-15(16)19/h4-11H,3H2,1-2H3. The molecule has 0 bridgehead atoms. The summed E-state index contributed by atoms with van der Waals surface area (Å²) >= 11 is 0. The van der Waals surface area contributed by atoms with Crippen LogP contribution in [0.5, 0.6) is 0 Å². The van der Waals surface area contributed by atoms with Crippen LogP contribution in [0.3, 0.4) is 0 Å². The molecule has 0 aliphatic heterocycles. The summed E-state index contributed by atoms with van der Waals surface area (Å²) < 4.78 is 15.6. The molecule has 0 amide bonds. The van der Waals surface area contributed by atoms with Crippen molar-refractivity contribution in [3.8, 4) is 5.69 Å². The van der Waals surface area contributed by atoms with Crippen molar-refractivity contribution in [2.24, 2.45) is 0 Å². The van der Waals surface area contributed by atoms with E-state index in [-0.39, 0.29) is 11.4 Å². The molecule has 2 nitrogen and oxygen atoms in total. The molecule has 21 heavy (non-hydrogen) atoms. The van der Waals surface area contributed by atoms with Crippen LogP contribution >= 0.6 is 0 Å². The second kappa shape index (κ2) is 5.17. The molecular formula is C18H16FNO. The second-order valence-corrected chi connectivity index (χ2v) is 5.12. The number of rotatable bonds is 2. The molecule has 1 aromatic heterocycles. The largest absolute Gasteiger partial charge is 0.278 e. The van der Waals surface area contributed by atoms with Gasteiger partial charge in [0.15, 0.2) is 0 Å². The van der Waals surface area contributed by atoms with Crippen LogP contribution in [-0.4, -0.2) is 4.57 Å². The van der Waals surface area contributed by atoms with Crippen LogP contribution in [0.4, 0.5) is 4.39 Å². The monoisotopic (exact) mass is 281 g/mol. The van der Waals surface area contributed by atoms with E-state index in [9.17, 15) is 9.18 Å².